The monoisotopic (exact) mass is 277 g/mol. The Bertz CT molecular complexity index is 463. The number of ketones is 1. The molecule has 1 heterocycles. The van der Waals surface area contributed by atoms with Gasteiger partial charge in [-0.3, -0.25) is 9.69 Å². The van der Waals surface area contributed by atoms with Gasteiger partial charge >= 0.3 is 0 Å². The van der Waals surface area contributed by atoms with Crippen molar-refractivity contribution in [2.24, 2.45) is 0 Å². The maximum atomic E-state index is 13.1. The molecule has 1 aromatic heterocycles. The number of hydrogen-bond donors (Lipinski definition) is 1. The quantitative estimate of drug-likeness (QED) is 0.778. The molecule has 1 rings (SSSR count). The lowest BCUT2D eigenvalue weighted by Gasteiger charge is -2.41. The van der Waals surface area contributed by atoms with Crippen molar-refractivity contribution in [3.63, 3.8) is 0 Å². The van der Waals surface area contributed by atoms with Crippen LogP contribution in [0.5, 0.6) is 0 Å². The lowest BCUT2D eigenvalue weighted by Crippen LogP contribution is -2.54. The molecule has 2 N–H and O–H groups in total. The molecule has 0 spiro atoms. The highest BCUT2D eigenvalue weighted by Gasteiger charge is 2.40. The fourth-order valence-corrected chi connectivity index (χ4v) is 3.00. The minimum Gasteiger partial charge on any atom is -0.383 e. The van der Waals surface area contributed by atoms with Crippen molar-refractivity contribution in [3.8, 4) is 0 Å². The maximum Gasteiger partial charge on any atom is 0.186 e. The molecule has 0 saturated heterocycles. The van der Waals surface area contributed by atoms with Crippen LogP contribution in [0.4, 0.5) is 5.82 Å². The third-order valence-corrected chi connectivity index (χ3v) is 4.26. The summed E-state index contributed by atoms with van der Waals surface area (Å²) in [4.78, 5) is 19.5. The van der Waals surface area contributed by atoms with Gasteiger partial charge in [-0.05, 0) is 44.5 Å². The molecule has 0 aromatic carbocycles. The maximum absolute atomic E-state index is 13.1. The standard InChI is InChI=1S/C16H27N3O/c1-6-16(7-2,19(8-3)9-4)14(20)13-10-12(5)11-18-15(13)17/h10-11H,6-9H2,1-5H3,(H2,17,18). The molecule has 0 fully saturated rings. The Morgan fingerprint density at radius 3 is 2.25 bits per heavy atom. The van der Waals surface area contributed by atoms with Crippen LogP contribution >= 0.6 is 0 Å². The Labute approximate surface area is 122 Å². The first-order valence-corrected chi connectivity index (χ1v) is 7.48. The second-order valence-corrected chi connectivity index (χ2v) is 5.19. The first-order chi connectivity index (χ1) is 9.46. The summed E-state index contributed by atoms with van der Waals surface area (Å²) in [5.74, 6) is 0.430. The van der Waals surface area contributed by atoms with Crippen molar-refractivity contribution in [1.29, 1.82) is 0 Å². The Balaban J connectivity index is 3.34. The molecule has 112 valence electrons. The van der Waals surface area contributed by atoms with Crippen LogP contribution in [0.2, 0.25) is 0 Å². The minimum absolute atomic E-state index is 0.0971. The minimum atomic E-state index is -0.479. The molecule has 0 saturated carbocycles. The van der Waals surface area contributed by atoms with Crippen molar-refractivity contribution >= 4 is 11.6 Å². The number of nitrogen functional groups attached to an aromatic ring is 1. The summed E-state index contributed by atoms with van der Waals surface area (Å²) in [5.41, 5.74) is 6.97. The van der Waals surface area contributed by atoms with Gasteiger partial charge in [0, 0.05) is 6.20 Å². The number of anilines is 1. The van der Waals surface area contributed by atoms with Crippen LogP contribution in [-0.4, -0.2) is 34.3 Å². The van der Waals surface area contributed by atoms with Gasteiger partial charge in [0.25, 0.3) is 0 Å². The Morgan fingerprint density at radius 1 is 1.25 bits per heavy atom. The van der Waals surface area contributed by atoms with Crippen LogP contribution in [0.1, 0.15) is 56.5 Å². The number of nitrogens with two attached hydrogens (primary N) is 1. The molecule has 0 radical (unpaired) electrons. The predicted octanol–water partition coefficient (Wildman–Crippen LogP) is 3.06. The van der Waals surface area contributed by atoms with Crippen molar-refractivity contribution in [3.05, 3.63) is 23.4 Å². The lowest BCUT2D eigenvalue weighted by molar-refractivity contribution is 0.0535. The molecule has 0 aliphatic heterocycles. The van der Waals surface area contributed by atoms with Gasteiger partial charge in [-0.25, -0.2) is 4.98 Å². The normalized spacial score (nSPS) is 11.9. The largest absolute Gasteiger partial charge is 0.383 e. The van der Waals surface area contributed by atoms with Crippen molar-refractivity contribution in [1.82, 2.24) is 9.88 Å². The molecule has 1 aromatic rings. The number of aromatic nitrogens is 1. The summed E-state index contributed by atoms with van der Waals surface area (Å²) >= 11 is 0. The number of aryl methyl sites for hydroxylation is 1. The zero-order valence-corrected chi connectivity index (χ0v) is 13.4. The molecule has 0 amide bonds. The third kappa shape index (κ3) is 2.85. The topological polar surface area (TPSA) is 59.2 Å². The number of nitrogens with zero attached hydrogens (tertiary/aromatic N) is 2. The molecule has 4 heteroatoms. The van der Waals surface area contributed by atoms with Gasteiger partial charge in [0.15, 0.2) is 5.78 Å². The van der Waals surface area contributed by atoms with E-state index in [4.69, 9.17) is 5.73 Å². The fourth-order valence-electron chi connectivity index (χ4n) is 3.00. The first-order valence-electron chi connectivity index (χ1n) is 7.48. The fraction of sp³-hybridized carbons (Fsp3) is 0.625. The average Bonchev–Trinajstić information content (AvgIpc) is 2.46. The van der Waals surface area contributed by atoms with Crippen LogP contribution in [0, 0.1) is 6.92 Å². The highest BCUT2D eigenvalue weighted by Crippen LogP contribution is 2.30. The van der Waals surface area contributed by atoms with E-state index < -0.39 is 5.54 Å². The van der Waals surface area contributed by atoms with Crippen molar-refractivity contribution < 1.29 is 4.79 Å². The molecule has 0 unspecified atom stereocenters. The number of carbonyl (C=O) groups excluding carboxylic acids is 1. The van der Waals surface area contributed by atoms with E-state index in [1.807, 2.05) is 13.0 Å². The number of hydrogen-bond acceptors (Lipinski definition) is 4. The van der Waals surface area contributed by atoms with Gasteiger partial charge < -0.3 is 5.73 Å². The number of rotatable bonds is 7. The SMILES string of the molecule is CCN(CC)C(CC)(CC)C(=O)c1cc(C)cnc1N. The van der Waals surface area contributed by atoms with Gasteiger partial charge in [0.2, 0.25) is 0 Å². The first kappa shape index (κ1) is 16.6. The van der Waals surface area contributed by atoms with Crippen LogP contribution in [0.3, 0.4) is 0 Å². The number of carbonyl (C=O) groups is 1. The molecule has 20 heavy (non-hydrogen) atoms. The summed E-state index contributed by atoms with van der Waals surface area (Å²) in [7, 11) is 0. The van der Waals surface area contributed by atoms with Crippen molar-refractivity contribution in [2.75, 3.05) is 18.8 Å². The van der Waals surface area contributed by atoms with Crippen LogP contribution in [0.15, 0.2) is 12.3 Å². The van der Waals surface area contributed by atoms with Gasteiger partial charge in [-0.1, -0.05) is 27.7 Å². The van der Waals surface area contributed by atoms with Gasteiger partial charge in [-0.2, -0.15) is 0 Å². The zero-order chi connectivity index (χ0) is 15.3. The van der Waals surface area contributed by atoms with E-state index in [2.05, 4.69) is 37.6 Å². The van der Waals surface area contributed by atoms with E-state index in [1.165, 1.54) is 0 Å². The van der Waals surface area contributed by atoms with E-state index in [1.54, 1.807) is 6.20 Å². The average molecular weight is 277 g/mol. The van der Waals surface area contributed by atoms with E-state index in [9.17, 15) is 4.79 Å². The van der Waals surface area contributed by atoms with E-state index >= 15 is 0 Å². The Hall–Kier alpha value is -1.42. The number of pyridine rings is 1. The highest BCUT2D eigenvalue weighted by atomic mass is 16.1. The summed E-state index contributed by atoms with van der Waals surface area (Å²) in [6.07, 6.45) is 3.25. The molecule has 0 aliphatic carbocycles. The molecule has 4 nitrogen and oxygen atoms in total. The zero-order valence-electron chi connectivity index (χ0n) is 13.4. The Kier molecular flexibility index (Phi) is 5.69. The Morgan fingerprint density at radius 2 is 1.80 bits per heavy atom. The van der Waals surface area contributed by atoms with E-state index in [0.29, 0.717) is 11.4 Å². The molecular weight excluding hydrogens is 250 g/mol. The molecule has 0 atom stereocenters. The highest BCUT2D eigenvalue weighted by molar-refractivity contribution is 6.06. The second kappa shape index (κ2) is 6.84. The smallest absolute Gasteiger partial charge is 0.186 e. The molecule has 0 bridgehead atoms. The third-order valence-electron chi connectivity index (χ3n) is 4.26. The summed E-state index contributed by atoms with van der Waals surface area (Å²) < 4.78 is 0. The number of Topliss-reactive ketones (excluding diaryl/α,β-unsaturated/α-hetero) is 1. The van der Waals surface area contributed by atoms with E-state index in [-0.39, 0.29) is 5.78 Å². The van der Waals surface area contributed by atoms with E-state index in [0.717, 1.165) is 31.5 Å². The van der Waals surface area contributed by atoms with Gasteiger partial charge in [-0.15, -0.1) is 0 Å². The number of likely N-dealkylation sites (N-methyl/N-ethyl adjacent to an activating group) is 1. The van der Waals surface area contributed by atoms with Gasteiger partial charge in [0.05, 0.1) is 11.1 Å². The van der Waals surface area contributed by atoms with Crippen molar-refractivity contribution in [2.45, 2.75) is 53.0 Å². The van der Waals surface area contributed by atoms with Crippen LogP contribution in [-0.2, 0) is 0 Å². The molecular formula is C16H27N3O. The summed E-state index contributed by atoms with van der Waals surface area (Å²) in [5, 5.41) is 0. The summed E-state index contributed by atoms with van der Waals surface area (Å²) in [6, 6.07) is 1.86. The molecule has 0 aliphatic rings. The van der Waals surface area contributed by atoms with Gasteiger partial charge in [0.1, 0.15) is 5.82 Å². The summed E-state index contributed by atoms with van der Waals surface area (Å²) in [6.45, 7) is 12.0. The van der Waals surface area contributed by atoms with Crippen LogP contribution in [0.25, 0.3) is 0 Å². The lowest BCUT2D eigenvalue weighted by atomic mass is 9.82. The predicted molar refractivity (Wildman–Crippen MR) is 84.0 cm³/mol. The van der Waals surface area contributed by atoms with Crippen LogP contribution < -0.4 is 5.73 Å². The second-order valence-electron chi connectivity index (χ2n) is 5.19.